The summed E-state index contributed by atoms with van der Waals surface area (Å²) in [4.78, 5) is 41.8. The van der Waals surface area contributed by atoms with Crippen LogP contribution in [0.15, 0.2) is 66.0 Å². The molecule has 3 amide bonds. The summed E-state index contributed by atoms with van der Waals surface area (Å²) in [7, 11) is 3.14. The monoisotopic (exact) mass is 537 g/mol. The van der Waals surface area contributed by atoms with Crippen molar-refractivity contribution in [2.24, 2.45) is 0 Å². The van der Waals surface area contributed by atoms with Crippen molar-refractivity contribution in [1.29, 1.82) is 0 Å². The zero-order valence-electron chi connectivity index (χ0n) is 22.4. The fraction of sp³-hybridized carbons (Fsp3) is 0.345. The number of amides is 3. The van der Waals surface area contributed by atoms with E-state index < -0.39 is 11.6 Å². The summed E-state index contributed by atoms with van der Waals surface area (Å²) in [6, 6.07) is 17.3. The Bertz CT molecular complexity index is 1220. The number of hydrogen-bond donors (Lipinski definition) is 2. The van der Waals surface area contributed by atoms with Crippen LogP contribution in [0.2, 0.25) is 0 Å². The third-order valence-corrected chi connectivity index (χ3v) is 6.60. The summed E-state index contributed by atoms with van der Waals surface area (Å²) in [6.07, 6.45) is 0.455. The number of methoxy groups -OCH3 is 2. The molecule has 1 atom stereocenters. The van der Waals surface area contributed by atoms with Crippen LogP contribution in [0.3, 0.4) is 0 Å². The summed E-state index contributed by atoms with van der Waals surface area (Å²) in [5.74, 6) is 0.189. The van der Waals surface area contributed by atoms with Gasteiger partial charge in [-0.1, -0.05) is 42.5 Å². The standard InChI is InChI=1S/C29H35N3O5S/c1-29(2,3)31-28(35)26(21-10-7-6-8-11-21)32(25(33)19-30-27(34)24-12-9-17-38-24)16-15-20-13-14-22(36-4)23(18-20)37-5/h6-14,17-18,26H,15-16,19H2,1-5H3,(H,30,34)(H,31,35). The minimum absolute atomic E-state index is 0.236. The minimum Gasteiger partial charge on any atom is -0.493 e. The molecule has 0 bridgehead atoms. The Morgan fingerprint density at radius 2 is 1.66 bits per heavy atom. The Hall–Kier alpha value is -3.85. The van der Waals surface area contributed by atoms with Crippen LogP contribution in [0.25, 0.3) is 0 Å². The van der Waals surface area contributed by atoms with Crippen molar-refractivity contribution in [3.8, 4) is 11.5 Å². The van der Waals surface area contributed by atoms with Crippen LogP contribution < -0.4 is 20.1 Å². The predicted octanol–water partition coefficient (Wildman–Crippen LogP) is 4.22. The highest BCUT2D eigenvalue weighted by atomic mass is 32.1. The maximum atomic E-state index is 13.6. The van der Waals surface area contributed by atoms with Crippen LogP contribution in [0.5, 0.6) is 11.5 Å². The summed E-state index contributed by atoms with van der Waals surface area (Å²) < 4.78 is 10.8. The Labute approximate surface area is 228 Å². The van der Waals surface area contributed by atoms with E-state index in [0.29, 0.717) is 28.4 Å². The van der Waals surface area contributed by atoms with Crippen molar-refractivity contribution in [2.75, 3.05) is 27.3 Å². The maximum Gasteiger partial charge on any atom is 0.261 e. The van der Waals surface area contributed by atoms with Gasteiger partial charge in [0.1, 0.15) is 6.04 Å². The van der Waals surface area contributed by atoms with Gasteiger partial charge in [-0.25, -0.2) is 0 Å². The first-order valence-corrected chi connectivity index (χ1v) is 13.2. The molecule has 1 heterocycles. The fourth-order valence-electron chi connectivity index (χ4n) is 3.98. The highest BCUT2D eigenvalue weighted by Crippen LogP contribution is 2.29. The van der Waals surface area contributed by atoms with Gasteiger partial charge in [-0.3, -0.25) is 14.4 Å². The smallest absolute Gasteiger partial charge is 0.261 e. The van der Waals surface area contributed by atoms with E-state index in [1.807, 2.05) is 69.3 Å². The lowest BCUT2D eigenvalue weighted by Gasteiger charge is -2.34. The lowest BCUT2D eigenvalue weighted by atomic mass is 10.0. The SMILES string of the molecule is COc1ccc(CCN(C(=O)CNC(=O)c2cccs2)C(C(=O)NC(C)(C)C)c2ccccc2)cc1OC. The average molecular weight is 538 g/mol. The van der Waals surface area contributed by atoms with Gasteiger partial charge in [0.25, 0.3) is 5.91 Å². The van der Waals surface area contributed by atoms with Crippen molar-refractivity contribution in [1.82, 2.24) is 15.5 Å². The molecule has 0 saturated carbocycles. The van der Waals surface area contributed by atoms with Crippen molar-refractivity contribution >= 4 is 29.1 Å². The van der Waals surface area contributed by atoms with Gasteiger partial charge in [0, 0.05) is 12.1 Å². The number of rotatable bonds is 11. The van der Waals surface area contributed by atoms with Gasteiger partial charge < -0.3 is 25.0 Å². The maximum absolute atomic E-state index is 13.6. The predicted molar refractivity (Wildman–Crippen MR) is 149 cm³/mol. The number of thiophene rings is 1. The number of hydrogen-bond acceptors (Lipinski definition) is 6. The van der Waals surface area contributed by atoms with E-state index in [1.54, 1.807) is 31.7 Å². The van der Waals surface area contributed by atoms with Crippen LogP contribution in [-0.2, 0) is 16.0 Å². The molecule has 3 rings (SSSR count). The average Bonchev–Trinajstić information content (AvgIpc) is 3.44. The first-order chi connectivity index (χ1) is 18.1. The van der Waals surface area contributed by atoms with Crippen molar-refractivity contribution in [3.05, 3.63) is 82.0 Å². The highest BCUT2D eigenvalue weighted by Gasteiger charge is 2.33. The molecular formula is C29H35N3O5S. The van der Waals surface area contributed by atoms with Gasteiger partial charge in [-0.2, -0.15) is 0 Å². The molecule has 38 heavy (non-hydrogen) atoms. The molecule has 0 aliphatic carbocycles. The van der Waals surface area contributed by atoms with Gasteiger partial charge in [0.05, 0.1) is 25.6 Å². The van der Waals surface area contributed by atoms with Crippen LogP contribution in [-0.4, -0.2) is 55.5 Å². The first-order valence-electron chi connectivity index (χ1n) is 12.3. The largest absolute Gasteiger partial charge is 0.493 e. The zero-order chi connectivity index (χ0) is 27.7. The van der Waals surface area contributed by atoms with Gasteiger partial charge >= 0.3 is 0 Å². The molecule has 1 aromatic heterocycles. The Kier molecular flexibility index (Phi) is 9.90. The lowest BCUT2D eigenvalue weighted by molar-refractivity contribution is -0.140. The quantitative estimate of drug-likeness (QED) is 0.382. The number of nitrogens with one attached hydrogen (secondary N) is 2. The van der Waals surface area contributed by atoms with Gasteiger partial charge in [-0.05, 0) is 61.9 Å². The molecule has 2 N–H and O–H groups in total. The molecule has 3 aromatic rings. The van der Waals surface area contributed by atoms with E-state index in [0.717, 1.165) is 5.56 Å². The van der Waals surface area contributed by atoms with E-state index in [-0.39, 0.29) is 30.8 Å². The molecule has 0 aliphatic heterocycles. The number of carbonyl (C=O) groups excluding carboxylic acids is 3. The van der Waals surface area contributed by atoms with E-state index in [1.165, 1.54) is 16.2 Å². The van der Waals surface area contributed by atoms with Crippen LogP contribution in [0, 0.1) is 0 Å². The van der Waals surface area contributed by atoms with Crippen molar-refractivity contribution in [2.45, 2.75) is 38.8 Å². The summed E-state index contributed by atoms with van der Waals surface area (Å²) in [5.41, 5.74) is 1.08. The molecule has 1 unspecified atom stereocenters. The van der Waals surface area contributed by atoms with E-state index >= 15 is 0 Å². The fourth-order valence-corrected chi connectivity index (χ4v) is 4.62. The molecule has 9 heteroatoms. The zero-order valence-corrected chi connectivity index (χ0v) is 23.3. The molecule has 0 saturated heterocycles. The summed E-state index contributed by atoms with van der Waals surface area (Å²) in [6.45, 7) is 5.67. The molecular weight excluding hydrogens is 502 g/mol. The number of nitrogens with zero attached hydrogens (tertiary/aromatic N) is 1. The number of ether oxygens (including phenoxy) is 2. The Balaban J connectivity index is 1.92. The second-order valence-electron chi connectivity index (χ2n) is 9.74. The third-order valence-electron chi connectivity index (χ3n) is 5.73. The lowest BCUT2D eigenvalue weighted by Crippen LogP contribution is -2.51. The Morgan fingerprint density at radius 3 is 2.26 bits per heavy atom. The van der Waals surface area contributed by atoms with Crippen LogP contribution in [0.1, 0.15) is 47.6 Å². The van der Waals surface area contributed by atoms with Gasteiger partial charge in [0.2, 0.25) is 11.8 Å². The molecule has 202 valence electrons. The third kappa shape index (κ3) is 7.82. The normalized spacial score (nSPS) is 11.8. The van der Waals surface area contributed by atoms with E-state index in [4.69, 9.17) is 9.47 Å². The van der Waals surface area contributed by atoms with Gasteiger partial charge in [-0.15, -0.1) is 11.3 Å². The summed E-state index contributed by atoms with van der Waals surface area (Å²) >= 11 is 1.30. The number of carbonyl (C=O) groups is 3. The van der Waals surface area contributed by atoms with Crippen molar-refractivity contribution in [3.63, 3.8) is 0 Å². The molecule has 0 radical (unpaired) electrons. The van der Waals surface area contributed by atoms with Crippen LogP contribution in [0.4, 0.5) is 0 Å². The Morgan fingerprint density at radius 1 is 0.947 bits per heavy atom. The first kappa shape index (κ1) is 28.7. The second kappa shape index (κ2) is 13.1. The van der Waals surface area contributed by atoms with Gasteiger partial charge in [0.15, 0.2) is 11.5 Å². The topological polar surface area (TPSA) is 97.0 Å². The molecule has 0 spiro atoms. The van der Waals surface area contributed by atoms with Crippen LogP contribution >= 0.6 is 11.3 Å². The summed E-state index contributed by atoms with van der Waals surface area (Å²) in [5, 5.41) is 7.52. The minimum atomic E-state index is -0.887. The molecule has 8 nitrogen and oxygen atoms in total. The van der Waals surface area contributed by atoms with E-state index in [2.05, 4.69) is 10.6 Å². The van der Waals surface area contributed by atoms with Crippen molar-refractivity contribution < 1.29 is 23.9 Å². The number of benzene rings is 2. The molecule has 0 aliphatic rings. The molecule has 2 aromatic carbocycles. The second-order valence-corrected chi connectivity index (χ2v) is 10.7. The van der Waals surface area contributed by atoms with E-state index in [9.17, 15) is 14.4 Å². The highest BCUT2D eigenvalue weighted by molar-refractivity contribution is 7.12. The molecule has 0 fully saturated rings.